The van der Waals surface area contributed by atoms with Crippen molar-refractivity contribution in [2.24, 2.45) is 0 Å². The van der Waals surface area contributed by atoms with Crippen LogP contribution in [0.25, 0.3) is 11.0 Å². The number of benzene rings is 1. The van der Waals surface area contributed by atoms with E-state index < -0.39 is 0 Å². The van der Waals surface area contributed by atoms with Crippen molar-refractivity contribution in [3.05, 3.63) is 52.9 Å². The van der Waals surface area contributed by atoms with Crippen molar-refractivity contribution in [1.29, 1.82) is 0 Å². The van der Waals surface area contributed by atoms with E-state index in [1.54, 1.807) is 6.33 Å². The molecular weight excluding hydrogens is 392 g/mol. The second kappa shape index (κ2) is 8.16. The molecule has 3 aromatic rings. The molecule has 0 unspecified atom stereocenters. The first kappa shape index (κ1) is 17.5. The highest BCUT2D eigenvalue weighted by molar-refractivity contribution is 9.10. The summed E-state index contributed by atoms with van der Waals surface area (Å²) in [5.74, 6) is 0.889. The summed E-state index contributed by atoms with van der Waals surface area (Å²) in [6.07, 6.45) is 1.59. The number of hydrogen-bond donors (Lipinski definition) is 2. The number of halogens is 1. The summed E-state index contributed by atoms with van der Waals surface area (Å²) < 4.78 is 0.922. The van der Waals surface area contributed by atoms with E-state index >= 15 is 0 Å². The van der Waals surface area contributed by atoms with Crippen LogP contribution in [-0.4, -0.2) is 64.0 Å². The minimum Gasteiger partial charge on any atom is -0.368 e. The van der Waals surface area contributed by atoms with Gasteiger partial charge < -0.3 is 10.3 Å². The van der Waals surface area contributed by atoms with E-state index in [9.17, 15) is 0 Å². The fraction of sp³-hybridized carbons (Fsp3) is 0.368. The van der Waals surface area contributed by atoms with Gasteiger partial charge >= 0.3 is 0 Å². The fourth-order valence-corrected chi connectivity index (χ4v) is 3.81. The largest absolute Gasteiger partial charge is 0.368 e. The van der Waals surface area contributed by atoms with Gasteiger partial charge in [-0.3, -0.25) is 9.80 Å². The van der Waals surface area contributed by atoms with Gasteiger partial charge in [-0.25, -0.2) is 9.97 Å². The molecule has 0 atom stereocenters. The van der Waals surface area contributed by atoms with Crippen LogP contribution in [0.3, 0.4) is 0 Å². The van der Waals surface area contributed by atoms with Crippen molar-refractivity contribution < 1.29 is 0 Å². The fourth-order valence-electron chi connectivity index (χ4n) is 3.39. The molecule has 2 aromatic heterocycles. The summed E-state index contributed by atoms with van der Waals surface area (Å²) >= 11 is 3.45. The molecule has 4 rings (SSSR count). The van der Waals surface area contributed by atoms with Crippen molar-refractivity contribution in [3.8, 4) is 0 Å². The zero-order chi connectivity index (χ0) is 17.8. The summed E-state index contributed by atoms with van der Waals surface area (Å²) in [5, 5.41) is 4.47. The van der Waals surface area contributed by atoms with E-state index in [4.69, 9.17) is 0 Å². The van der Waals surface area contributed by atoms with E-state index in [-0.39, 0.29) is 0 Å². The summed E-state index contributed by atoms with van der Waals surface area (Å²) in [6.45, 7) is 7.43. The molecule has 136 valence electrons. The Kier molecular flexibility index (Phi) is 5.48. The Balaban J connectivity index is 1.23. The lowest BCUT2D eigenvalue weighted by Gasteiger charge is -2.34. The number of aromatic nitrogens is 3. The van der Waals surface area contributed by atoms with Gasteiger partial charge in [0.15, 0.2) is 0 Å². The Morgan fingerprint density at radius 1 is 1.04 bits per heavy atom. The second-order valence-electron chi connectivity index (χ2n) is 6.63. The SMILES string of the molecule is Brc1cc2c(NCCN3CCN(Cc4ccccc4)CC3)ncnc2[nH]1. The summed E-state index contributed by atoms with van der Waals surface area (Å²) in [4.78, 5) is 16.8. The molecule has 2 N–H and O–H groups in total. The quantitative estimate of drug-likeness (QED) is 0.649. The number of anilines is 1. The molecule has 0 saturated carbocycles. The van der Waals surface area contributed by atoms with Crippen LogP contribution < -0.4 is 5.32 Å². The molecule has 26 heavy (non-hydrogen) atoms. The summed E-state index contributed by atoms with van der Waals surface area (Å²) in [5.41, 5.74) is 2.25. The lowest BCUT2D eigenvalue weighted by molar-refractivity contribution is 0.130. The predicted octanol–water partition coefficient (Wildman–Crippen LogP) is 2.95. The third kappa shape index (κ3) is 4.23. The normalized spacial score (nSPS) is 16.2. The molecule has 0 spiro atoms. The summed E-state index contributed by atoms with van der Waals surface area (Å²) in [7, 11) is 0. The van der Waals surface area contributed by atoms with Crippen LogP contribution in [0.15, 0.2) is 47.3 Å². The highest BCUT2D eigenvalue weighted by atomic mass is 79.9. The molecule has 7 heteroatoms. The number of nitrogens with zero attached hydrogens (tertiary/aromatic N) is 4. The van der Waals surface area contributed by atoms with Crippen LogP contribution >= 0.6 is 15.9 Å². The highest BCUT2D eigenvalue weighted by Gasteiger charge is 2.16. The molecule has 1 saturated heterocycles. The van der Waals surface area contributed by atoms with Crippen LogP contribution in [0, 0.1) is 0 Å². The van der Waals surface area contributed by atoms with Crippen LogP contribution in [0.2, 0.25) is 0 Å². The van der Waals surface area contributed by atoms with Gasteiger partial charge in [0.1, 0.15) is 17.8 Å². The smallest absolute Gasteiger partial charge is 0.143 e. The molecule has 0 bridgehead atoms. The molecule has 1 fully saturated rings. The number of nitrogens with one attached hydrogen (secondary N) is 2. The molecule has 1 aliphatic heterocycles. The van der Waals surface area contributed by atoms with Crippen LogP contribution in [-0.2, 0) is 6.54 Å². The van der Waals surface area contributed by atoms with Crippen molar-refractivity contribution >= 4 is 32.8 Å². The van der Waals surface area contributed by atoms with Gasteiger partial charge in [-0.2, -0.15) is 0 Å². The Bertz CT molecular complexity index is 842. The minimum absolute atomic E-state index is 0.851. The highest BCUT2D eigenvalue weighted by Crippen LogP contribution is 2.22. The maximum atomic E-state index is 4.37. The molecule has 0 amide bonds. The van der Waals surface area contributed by atoms with E-state index in [1.165, 1.54) is 5.56 Å². The van der Waals surface area contributed by atoms with E-state index in [0.29, 0.717) is 0 Å². The van der Waals surface area contributed by atoms with E-state index in [1.807, 2.05) is 6.07 Å². The lowest BCUT2D eigenvalue weighted by Crippen LogP contribution is -2.47. The standard InChI is InChI=1S/C19H23BrN6/c20-17-12-16-18(22-14-23-19(16)24-17)21-6-7-25-8-10-26(11-9-25)13-15-4-2-1-3-5-15/h1-5,12,14H,6-11,13H2,(H2,21,22,23,24). The Hall–Kier alpha value is -1.96. The Morgan fingerprint density at radius 3 is 2.62 bits per heavy atom. The van der Waals surface area contributed by atoms with Crippen LogP contribution in [0.4, 0.5) is 5.82 Å². The second-order valence-corrected chi connectivity index (χ2v) is 7.49. The number of hydrogen-bond acceptors (Lipinski definition) is 5. The van der Waals surface area contributed by atoms with Crippen molar-refractivity contribution in [2.45, 2.75) is 6.54 Å². The van der Waals surface area contributed by atoms with Crippen molar-refractivity contribution in [2.75, 3.05) is 44.6 Å². The third-order valence-electron chi connectivity index (χ3n) is 4.83. The molecule has 0 radical (unpaired) electrons. The molecule has 1 aromatic carbocycles. The van der Waals surface area contributed by atoms with Crippen LogP contribution in [0.5, 0.6) is 0 Å². The molecule has 0 aliphatic carbocycles. The maximum absolute atomic E-state index is 4.37. The Labute approximate surface area is 161 Å². The maximum Gasteiger partial charge on any atom is 0.143 e. The van der Waals surface area contributed by atoms with Gasteiger partial charge in [0.25, 0.3) is 0 Å². The van der Waals surface area contributed by atoms with Crippen LogP contribution in [0.1, 0.15) is 5.56 Å². The van der Waals surface area contributed by atoms with Gasteiger partial charge in [0, 0.05) is 45.8 Å². The van der Waals surface area contributed by atoms with Gasteiger partial charge in [-0.15, -0.1) is 0 Å². The van der Waals surface area contributed by atoms with Crippen molar-refractivity contribution in [3.63, 3.8) is 0 Å². The molecule has 1 aliphatic rings. The topological polar surface area (TPSA) is 60.1 Å². The number of piperazine rings is 1. The monoisotopic (exact) mass is 414 g/mol. The van der Waals surface area contributed by atoms with Crippen molar-refractivity contribution in [1.82, 2.24) is 24.8 Å². The number of aromatic amines is 1. The molecule has 3 heterocycles. The summed E-state index contributed by atoms with van der Waals surface area (Å²) in [6, 6.07) is 12.7. The average molecular weight is 415 g/mol. The zero-order valence-electron chi connectivity index (χ0n) is 14.7. The van der Waals surface area contributed by atoms with Gasteiger partial charge in [0.05, 0.1) is 9.99 Å². The predicted molar refractivity (Wildman–Crippen MR) is 108 cm³/mol. The first-order valence-electron chi connectivity index (χ1n) is 9.00. The first-order chi connectivity index (χ1) is 12.8. The number of H-pyrrole nitrogens is 1. The number of rotatable bonds is 6. The van der Waals surface area contributed by atoms with Gasteiger partial charge in [-0.1, -0.05) is 30.3 Å². The number of fused-ring (bicyclic) bond motifs is 1. The van der Waals surface area contributed by atoms with Gasteiger partial charge in [-0.05, 0) is 27.6 Å². The molecule has 6 nitrogen and oxygen atoms in total. The van der Waals surface area contributed by atoms with E-state index in [0.717, 1.165) is 67.3 Å². The first-order valence-corrected chi connectivity index (χ1v) is 9.79. The molecular formula is C19H23BrN6. The van der Waals surface area contributed by atoms with Gasteiger partial charge in [0.2, 0.25) is 0 Å². The minimum atomic E-state index is 0.851. The zero-order valence-corrected chi connectivity index (χ0v) is 16.2. The van der Waals surface area contributed by atoms with E-state index in [2.05, 4.69) is 76.3 Å². The average Bonchev–Trinajstić information content (AvgIpc) is 3.05. The third-order valence-corrected chi connectivity index (χ3v) is 5.25. The lowest BCUT2D eigenvalue weighted by atomic mass is 10.2. The Morgan fingerprint density at radius 2 is 1.81 bits per heavy atom.